The third-order valence-electron chi connectivity index (χ3n) is 2.10. The second kappa shape index (κ2) is 5.75. The molecular weight excluding hydrogens is 237 g/mol. The molecule has 1 heterocycles. The summed E-state index contributed by atoms with van der Waals surface area (Å²) in [7, 11) is 1.86. The van der Waals surface area contributed by atoms with Crippen LogP contribution in [0.4, 0.5) is 4.39 Å². The highest BCUT2D eigenvalue weighted by atomic mass is 32.2. The smallest absolute Gasteiger partial charge is 0.192 e. The molecule has 2 rings (SSSR count). The lowest BCUT2D eigenvalue weighted by atomic mass is 10.3. The largest absolute Gasteiger partial charge is 0.316 e. The third-order valence-corrected chi connectivity index (χ3v) is 3.04. The van der Waals surface area contributed by atoms with Gasteiger partial charge in [-0.25, -0.2) is 14.4 Å². The molecule has 3 nitrogen and oxygen atoms in total. The lowest BCUT2D eigenvalue weighted by Gasteiger charge is -2.02. The molecule has 0 spiro atoms. The van der Waals surface area contributed by atoms with Crippen LogP contribution in [0.25, 0.3) is 0 Å². The summed E-state index contributed by atoms with van der Waals surface area (Å²) in [4.78, 5) is 8.89. The fourth-order valence-corrected chi connectivity index (χ4v) is 2.04. The van der Waals surface area contributed by atoms with E-state index in [1.54, 1.807) is 30.6 Å². The minimum Gasteiger partial charge on any atom is -0.316 e. The van der Waals surface area contributed by atoms with Crippen LogP contribution in [0.3, 0.4) is 0 Å². The van der Waals surface area contributed by atoms with Crippen LogP contribution in [0.2, 0.25) is 0 Å². The number of halogens is 1. The molecule has 0 aliphatic rings. The molecular formula is C12H12FN3S. The van der Waals surface area contributed by atoms with Crippen LogP contribution in [0.1, 0.15) is 5.56 Å². The Morgan fingerprint density at radius 1 is 1.24 bits per heavy atom. The maximum absolute atomic E-state index is 13.4. The second-order valence-electron chi connectivity index (χ2n) is 3.44. The zero-order chi connectivity index (χ0) is 12.1. The minimum absolute atomic E-state index is 0.250. The van der Waals surface area contributed by atoms with E-state index in [0.717, 1.165) is 12.1 Å². The first kappa shape index (κ1) is 12.0. The predicted octanol–water partition coefficient (Wildman–Crippen LogP) is 2.49. The lowest BCUT2D eigenvalue weighted by Crippen LogP contribution is -2.05. The first-order valence-corrected chi connectivity index (χ1v) is 5.99. The zero-order valence-corrected chi connectivity index (χ0v) is 10.2. The molecule has 1 aromatic heterocycles. The van der Waals surface area contributed by atoms with Crippen molar-refractivity contribution in [2.45, 2.75) is 16.6 Å². The molecule has 88 valence electrons. The number of aromatic nitrogens is 2. The summed E-state index contributed by atoms with van der Waals surface area (Å²) in [6, 6.07) is 6.60. The van der Waals surface area contributed by atoms with Gasteiger partial charge in [0.1, 0.15) is 5.82 Å². The maximum Gasteiger partial charge on any atom is 0.192 e. The highest BCUT2D eigenvalue weighted by molar-refractivity contribution is 7.99. The van der Waals surface area contributed by atoms with Crippen LogP contribution in [0.15, 0.2) is 46.7 Å². The molecule has 5 heteroatoms. The van der Waals surface area contributed by atoms with Crippen molar-refractivity contribution in [2.24, 2.45) is 0 Å². The van der Waals surface area contributed by atoms with Gasteiger partial charge in [-0.3, -0.25) is 0 Å². The molecule has 0 amide bonds. The van der Waals surface area contributed by atoms with Gasteiger partial charge >= 0.3 is 0 Å². The van der Waals surface area contributed by atoms with Gasteiger partial charge in [0, 0.05) is 24.5 Å². The van der Waals surface area contributed by atoms with Crippen LogP contribution in [0.5, 0.6) is 0 Å². The summed E-state index contributed by atoms with van der Waals surface area (Å²) in [5.41, 5.74) is 1.00. The summed E-state index contributed by atoms with van der Waals surface area (Å²) in [5, 5.41) is 3.57. The second-order valence-corrected chi connectivity index (χ2v) is 4.45. The number of nitrogens with one attached hydrogen (secondary N) is 1. The van der Waals surface area contributed by atoms with Crippen molar-refractivity contribution in [3.8, 4) is 0 Å². The summed E-state index contributed by atoms with van der Waals surface area (Å²) < 4.78 is 13.4. The maximum atomic E-state index is 13.4. The fourth-order valence-electron chi connectivity index (χ4n) is 1.32. The molecule has 0 unspecified atom stereocenters. The van der Waals surface area contributed by atoms with Gasteiger partial charge in [0.25, 0.3) is 0 Å². The van der Waals surface area contributed by atoms with Crippen LogP contribution >= 0.6 is 11.8 Å². The number of hydrogen-bond donors (Lipinski definition) is 1. The zero-order valence-electron chi connectivity index (χ0n) is 9.35. The molecule has 0 bridgehead atoms. The Bertz CT molecular complexity index is 487. The van der Waals surface area contributed by atoms with E-state index in [4.69, 9.17) is 0 Å². The topological polar surface area (TPSA) is 37.8 Å². The Labute approximate surface area is 103 Å². The quantitative estimate of drug-likeness (QED) is 0.845. The van der Waals surface area contributed by atoms with E-state index in [2.05, 4.69) is 15.3 Å². The first-order chi connectivity index (χ1) is 8.29. The molecule has 1 N–H and O–H groups in total. The Morgan fingerprint density at radius 3 is 2.59 bits per heavy atom. The van der Waals surface area contributed by atoms with Crippen molar-refractivity contribution < 1.29 is 4.39 Å². The number of benzene rings is 1. The van der Waals surface area contributed by atoms with Gasteiger partial charge in [-0.15, -0.1) is 0 Å². The molecule has 0 radical (unpaired) electrons. The average Bonchev–Trinajstić information content (AvgIpc) is 2.35. The van der Waals surface area contributed by atoms with Gasteiger partial charge in [0.05, 0.1) is 4.90 Å². The Morgan fingerprint density at radius 2 is 1.94 bits per heavy atom. The van der Waals surface area contributed by atoms with E-state index >= 15 is 0 Å². The summed E-state index contributed by atoms with van der Waals surface area (Å²) in [5.74, 6) is -0.250. The molecule has 17 heavy (non-hydrogen) atoms. The van der Waals surface area contributed by atoms with Crippen molar-refractivity contribution in [1.29, 1.82) is 0 Å². The molecule has 1 aromatic carbocycles. The summed E-state index contributed by atoms with van der Waals surface area (Å²) >= 11 is 1.22. The van der Waals surface area contributed by atoms with Crippen molar-refractivity contribution >= 4 is 11.8 Å². The average molecular weight is 249 g/mol. The molecule has 0 aliphatic heterocycles. The molecule has 2 aromatic rings. The van der Waals surface area contributed by atoms with Gasteiger partial charge in [0.15, 0.2) is 5.16 Å². The molecule has 0 saturated carbocycles. The SMILES string of the molecule is CNCc1cnc(Sc2ccccc2F)nc1. The number of nitrogens with zero attached hydrogens (tertiary/aromatic N) is 2. The van der Waals surface area contributed by atoms with Crippen molar-refractivity contribution in [1.82, 2.24) is 15.3 Å². The van der Waals surface area contributed by atoms with E-state index in [-0.39, 0.29) is 5.82 Å². The van der Waals surface area contributed by atoms with Crippen LogP contribution in [-0.2, 0) is 6.54 Å². The van der Waals surface area contributed by atoms with Crippen molar-refractivity contribution in [3.05, 3.63) is 48.0 Å². The summed E-state index contributed by atoms with van der Waals surface area (Å²) in [6.45, 7) is 0.727. The number of rotatable bonds is 4. The van der Waals surface area contributed by atoms with E-state index in [1.807, 2.05) is 7.05 Å². The van der Waals surface area contributed by atoms with E-state index in [9.17, 15) is 4.39 Å². The van der Waals surface area contributed by atoms with E-state index < -0.39 is 0 Å². The minimum atomic E-state index is -0.250. The highest BCUT2D eigenvalue weighted by Crippen LogP contribution is 2.26. The van der Waals surface area contributed by atoms with Gasteiger partial charge < -0.3 is 5.32 Å². The number of hydrogen-bond acceptors (Lipinski definition) is 4. The van der Waals surface area contributed by atoms with E-state index in [1.165, 1.54) is 17.8 Å². The molecule has 0 aliphatic carbocycles. The Balaban J connectivity index is 2.11. The molecule has 0 fully saturated rings. The Kier molecular flexibility index (Phi) is 4.06. The van der Waals surface area contributed by atoms with Crippen LogP contribution < -0.4 is 5.32 Å². The lowest BCUT2D eigenvalue weighted by molar-refractivity contribution is 0.601. The summed E-state index contributed by atoms with van der Waals surface area (Å²) in [6.07, 6.45) is 3.49. The predicted molar refractivity (Wildman–Crippen MR) is 65.3 cm³/mol. The monoisotopic (exact) mass is 249 g/mol. The third kappa shape index (κ3) is 3.25. The normalized spacial score (nSPS) is 10.5. The van der Waals surface area contributed by atoms with Crippen LogP contribution in [-0.4, -0.2) is 17.0 Å². The van der Waals surface area contributed by atoms with E-state index in [0.29, 0.717) is 10.1 Å². The highest BCUT2D eigenvalue weighted by Gasteiger charge is 2.05. The molecule has 0 atom stereocenters. The van der Waals surface area contributed by atoms with Gasteiger partial charge in [-0.05, 0) is 30.9 Å². The van der Waals surface area contributed by atoms with Crippen molar-refractivity contribution in [3.63, 3.8) is 0 Å². The fraction of sp³-hybridized carbons (Fsp3) is 0.167. The van der Waals surface area contributed by atoms with Crippen LogP contribution in [0, 0.1) is 5.82 Å². The van der Waals surface area contributed by atoms with Crippen molar-refractivity contribution in [2.75, 3.05) is 7.05 Å². The standard InChI is InChI=1S/C12H12FN3S/c1-14-6-9-7-15-12(16-8-9)17-11-5-3-2-4-10(11)13/h2-5,7-8,14H,6H2,1H3. The van der Waals surface area contributed by atoms with Gasteiger partial charge in [-0.1, -0.05) is 12.1 Å². The van der Waals surface area contributed by atoms with Gasteiger partial charge in [0.2, 0.25) is 0 Å². The van der Waals surface area contributed by atoms with Gasteiger partial charge in [-0.2, -0.15) is 0 Å². The Hall–Kier alpha value is -1.46. The first-order valence-electron chi connectivity index (χ1n) is 5.17. The molecule has 0 saturated heterocycles.